The molecule has 0 saturated carbocycles. The number of hydrogen-bond acceptors (Lipinski definition) is 7. The van der Waals surface area contributed by atoms with Crippen molar-refractivity contribution in [1.29, 1.82) is 0 Å². The van der Waals surface area contributed by atoms with Gasteiger partial charge < -0.3 is 19.3 Å². The van der Waals surface area contributed by atoms with Gasteiger partial charge in [-0.25, -0.2) is 14.2 Å². The zero-order valence-electron chi connectivity index (χ0n) is 18.3. The van der Waals surface area contributed by atoms with Crippen LogP contribution in [0.1, 0.15) is 38.8 Å². The molecule has 1 atom stereocenters. The number of amidine groups is 1. The number of morpholine rings is 1. The Hall–Kier alpha value is -2.65. The quantitative estimate of drug-likeness (QED) is 0.627. The first-order chi connectivity index (χ1) is 15.4. The average Bonchev–Trinajstić information content (AvgIpc) is 3.15. The molecule has 3 aliphatic rings. The predicted octanol–water partition coefficient (Wildman–Crippen LogP) is 3.60. The van der Waals surface area contributed by atoms with E-state index >= 15 is 0 Å². The van der Waals surface area contributed by atoms with Gasteiger partial charge in [0, 0.05) is 24.4 Å². The fraction of sp³-hybridized carbons (Fsp3) is 0.435. The molecular weight excluding hydrogens is 433 g/mol. The lowest BCUT2D eigenvalue weighted by atomic mass is 9.93. The van der Waals surface area contributed by atoms with Crippen LogP contribution in [0.25, 0.3) is 0 Å². The van der Waals surface area contributed by atoms with E-state index in [9.17, 15) is 14.0 Å². The van der Waals surface area contributed by atoms with Crippen LogP contribution < -0.4 is 0 Å². The third-order valence-corrected chi connectivity index (χ3v) is 6.35. The van der Waals surface area contributed by atoms with Gasteiger partial charge in [0.25, 0.3) is 0 Å². The number of hydrogen-bond donors (Lipinski definition) is 0. The van der Waals surface area contributed by atoms with Crippen LogP contribution in [0.2, 0.25) is 0 Å². The van der Waals surface area contributed by atoms with Gasteiger partial charge in [-0.2, -0.15) is 0 Å². The molecular formula is C23H26FN3O4S. The number of aliphatic imine (C=N–C) groups is 1. The molecule has 3 heterocycles. The van der Waals surface area contributed by atoms with Crippen LogP contribution in [0, 0.1) is 5.82 Å². The number of ether oxygens (including phenoxy) is 2. The number of halogens is 1. The van der Waals surface area contributed by atoms with E-state index < -0.39 is 17.8 Å². The summed E-state index contributed by atoms with van der Waals surface area (Å²) >= 11 is 1.37. The Labute approximate surface area is 190 Å². The van der Waals surface area contributed by atoms with E-state index in [-0.39, 0.29) is 24.0 Å². The fourth-order valence-electron chi connectivity index (χ4n) is 3.98. The molecule has 1 aromatic rings. The Morgan fingerprint density at radius 2 is 2.00 bits per heavy atom. The van der Waals surface area contributed by atoms with Crippen molar-refractivity contribution in [2.24, 2.45) is 4.99 Å². The highest BCUT2D eigenvalue weighted by Gasteiger charge is 2.42. The Balaban J connectivity index is 1.71. The highest BCUT2D eigenvalue weighted by molar-refractivity contribution is 8.16. The molecule has 0 bridgehead atoms. The molecule has 0 unspecified atom stereocenters. The Morgan fingerprint density at radius 1 is 1.28 bits per heavy atom. The van der Waals surface area contributed by atoms with E-state index in [1.807, 2.05) is 5.41 Å². The number of rotatable bonds is 5. The number of fused-ring (bicyclic) bond motifs is 1. The molecule has 1 aromatic carbocycles. The Morgan fingerprint density at radius 3 is 2.69 bits per heavy atom. The van der Waals surface area contributed by atoms with Crippen molar-refractivity contribution >= 4 is 28.8 Å². The second kappa shape index (κ2) is 9.46. The van der Waals surface area contributed by atoms with Crippen molar-refractivity contribution in [3.63, 3.8) is 0 Å². The second-order valence-electron chi connectivity index (χ2n) is 8.04. The SMILES string of the molecule is CC1=C(C(=O)OC(C)C)[C@H](c2ccccc2F)N2C(CC(=O)N3CCOCC3)=CSC2=N1. The normalized spacial score (nSPS) is 20.8. The highest BCUT2D eigenvalue weighted by atomic mass is 32.2. The van der Waals surface area contributed by atoms with Crippen LogP contribution in [0.5, 0.6) is 0 Å². The van der Waals surface area contributed by atoms with Crippen molar-refractivity contribution in [2.45, 2.75) is 39.3 Å². The molecule has 0 aromatic heterocycles. The minimum absolute atomic E-state index is 0.0359. The number of carbonyl (C=O) groups excluding carboxylic acids is 2. The number of allylic oxidation sites excluding steroid dienone is 1. The summed E-state index contributed by atoms with van der Waals surface area (Å²) in [6.07, 6.45) is -0.206. The smallest absolute Gasteiger partial charge is 0.338 e. The Kier molecular flexibility index (Phi) is 6.66. The number of benzene rings is 1. The lowest BCUT2D eigenvalue weighted by molar-refractivity contribution is -0.143. The monoisotopic (exact) mass is 459 g/mol. The van der Waals surface area contributed by atoms with Gasteiger partial charge in [0.2, 0.25) is 5.91 Å². The van der Waals surface area contributed by atoms with Crippen LogP contribution >= 0.6 is 11.8 Å². The van der Waals surface area contributed by atoms with Crippen LogP contribution in [0.15, 0.2) is 51.6 Å². The van der Waals surface area contributed by atoms with Gasteiger partial charge in [-0.05, 0) is 32.2 Å². The maximum Gasteiger partial charge on any atom is 0.338 e. The molecule has 170 valence electrons. The first kappa shape index (κ1) is 22.5. The summed E-state index contributed by atoms with van der Waals surface area (Å²) in [5.41, 5.74) is 1.78. The van der Waals surface area contributed by atoms with Gasteiger partial charge in [0.1, 0.15) is 5.82 Å². The molecule has 32 heavy (non-hydrogen) atoms. The molecule has 1 fully saturated rings. The second-order valence-corrected chi connectivity index (χ2v) is 8.88. The van der Waals surface area contributed by atoms with Crippen LogP contribution in [0.4, 0.5) is 4.39 Å². The van der Waals surface area contributed by atoms with Crippen LogP contribution in [-0.2, 0) is 19.1 Å². The van der Waals surface area contributed by atoms with Gasteiger partial charge in [-0.1, -0.05) is 30.0 Å². The molecule has 0 radical (unpaired) electrons. The number of amides is 1. The first-order valence-electron chi connectivity index (χ1n) is 10.6. The van der Waals surface area contributed by atoms with Crippen molar-refractivity contribution in [3.05, 3.63) is 58.0 Å². The molecule has 9 heteroatoms. The maximum absolute atomic E-state index is 15.0. The van der Waals surface area contributed by atoms with Crippen molar-refractivity contribution < 1.29 is 23.5 Å². The topological polar surface area (TPSA) is 71.4 Å². The third kappa shape index (κ3) is 4.45. The fourth-order valence-corrected chi connectivity index (χ4v) is 4.94. The lowest BCUT2D eigenvalue weighted by Gasteiger charge is -2.37. The average molecular weight is 460 g/mol. The molecule has 1 amide bonds. The van der Waals surface area contributed by atoms with Crippen LogP contribution in [-0.4, -0.2) is 59.3 Å². The maximum atomic E-state index is 15.0. The van der Waals surface area contributed by atoms with Gasteiger partial charge >= 0.3 is 5.97 Å². The minimum atomic E-state index is -0.770. The summed E-state index contributed by atoms with van der Waals surface area (Å²) in [5.74, 6) is -1.01. The number of carbonyl (C=O) groups is 2. The number of nitrogens with zero attached hydrogens (tertiary/aromatic N) is 3. The summed E-state index contributed by atoms with van der Waals surface area (Å²) in [4.78, 5) is 34.2. The van der Waals surface area contributed by atoms with E-state index in [0.717, 1.165) is 0 Å². The van der Waals surface area contributed by atoms with Gasteiger partial charge in [0.05, 0.1) is 43.1 Å². The molecule has 4 rings (SSSR count). The zero-order chi connectivity index (χ0) is 22.8. The molecule has 0 N–H and O–H groups in total. The molecule has 1 saturated heterocycles. The molecule has 0 spiro atoms. The number of esters is 1. The first-order valence-corrected chi connectivity index (χ1v) is 11.5. The van der Waals surface area contributed by atoms with Crippen molar-refractivity contribution in [2.75, 3.05) is 26.3 Å². The molecule has 0 aliphatic carbocycles. The van der Waals surface area contributed by atoms with Crippen molar-refractivity contribution in [1.82, 2.24) is 9.80 Å². The number of thioether (sulfide) groups is 1. The van der Waals surface area contributed by atoms with E-state index in [0.29, 0.717) is 48.4 Å². The summed E-state index contributed by atoms with van der Waals surface area (Å²) < 4.78 is 25.8. The third-order valence-electron chi connectivity index (χ3n) is 5.46. The summed E-state index contributed by atoms with van der Waals surface area (Å²) in [6.45, 7) is 7.38. The van der Waals surface area contributed by atoms with Gasteiger partial charge in [-0.3, -0.25) is 4.79 Å². The van der Waals surface area contributed by atoms with E-state index in [1.54, 1.807) is 48.8 Å². The Bertz CT molecular complexity index is 1010. The van der Waals surface area contributed by atoms with E-state index in [1.165, 1.54) is 17.8 Å². The predicted molar refractivity (Wildman–Crippen MR) is 120 cm³/mol. The highest BCUT2D eigenvalue weighted by Crippen LogP contribution is 2.45. The zero-order valence-corrected chi connectivity index (χ0v) is 19.2. The molecule has 7 nitrogen and oxygen atoms in total. The van der Waals surface area contributed by atoms with E-state index in [2.05, 4.69) is 4.99 Å². The lowest BCUT2D eigenvalue weighted by Crippen LogP contribution is -2.42. The molecule has 3 aliphatic heterocycles. The minimum Gasteiger partial charge on any atom is -0.459 e. The standard InChI is InChI=1S/C23H26FN3O4S/c1-14(2)31-22(29)20-15(3)25-23-27(21(20)17-6-4-5-7-18(17)24)16(13-32-23)12-19(28)26-8-10-30-11-9-26/h4-7,13-14,21H,8-12H2,1-3H3/t21-/m0/s1. The van der Waals surface area contributed by atoms with Crippen LogP contribution in [0.3, 0.4) is 0 Å². The van der Waals surface area contributed by atoms with Gasteiger partial charge in [-0.15, -0.1) is 0 Å². The van der Waals surface area contributed by atoms with Crippen molar-refractivity contribution in [3.8, 4) is 0 Å². The summed E-state index contributed by atoms with van der Waals surface area (Å²) in [6, 6.07) is 5.59. The summed E-state index contributed by atoms with van der Waals surface area (Å²) in [5, 5.41) is 2.47. The largest absolute Gasteiger partial charge is 0.459 e. The van der Waals surface area contributed by atoms with Gasteiger partial charge in [0.15, 0.2) is 5.17 Å². The summed E-state index contributed by atoms with van der Waals surface area (Å²) in [7, 11) is 0. The van der Waals surface area contributed by atoms with E-state index in [4.69, 9.17) is 9.47 Å².